The minimum Gasteiger partial charge on any atom is -0.469 e. The Kier molecular flexibility index (Phi) is 8.15. The second kappa shape index (κ2) is 10.1. The number of hydrogen-bond acceptors (Lipinski definition) is 6. The van der Waals surface area contributed by atoms with E-state index in [2.05, 4.69) is 10.1 Å². The maximum Gasteiger partial charge on any atom is 0.418 e. The van der Waals surface area contributed by atoms with Crippen LogP contribution in [0, 0.1) is 0 Å². The molecule has 3 unspecified atom stereocenters. The number of carbonyl (C=O) groups excluding carboxylic acids is 3. The Morgan fingerprint density at radius 1 is 1.32 bits per heavy atom. The van der Waals surface area contributed by atoms with E-state index in [0.717, 1.165) is 25.7 Å². The van der Waals surface area contributed by atoms with Crippen LogP contribution in [0.2, 0.25) is 0 Å². The largest absolute Gasteiger partial charge is 0.469 e. The number of nitrogens with zero attached hydrogens (tertiary/aromatic N) is 1. The van der Waals surface area contributed by atoms with Gasteiger partial charge in [0.1, 0.15) is 0 Å². The first-order valence-corrected chi connectivity index (χ1v) is 10.2. The first-order chi connectivity index (χ1) is 12.1. The Morgan fingerprint density at radius 2 is 2.12 bits per heavy atom. The fourth-order valence-electron chi connectivity index (χ4n) is 3.09. The summed E-state index contributed by atoms with van der Waals surface area (Å²) in [6.45, 7) is 0.275. The maximum atomic E-state index is 12.2. The van der Waals surface area contributed by atoms with Crippen molar-refractivity contribution in [2.75, 3.05) is 25.3 Å². The first kappa shape index (κ1) is 20.2. The highest BCUT2D eigenvalue weighted by Gasteiger charge is 2.50. The van der Waals surface area contributed by atoms with Crippen molar-refractivity contribution in [1.29, 1.82) is 0 Å². The summed E-state index contributed by atoms with van der Waals surface area (Å²) >= 11 is 7.35. The Hall–Kier alpha value is -1.15. The smallest absolute Gasteiger partial charge is 0.418 e. The number of alkyl halides is 1. The minimum absolute atomic E-state index is 0.0500. The quantitative estimate of drug-likeness (QED) is 0.281. The average molecular weight is 393 g/mol. The normalized spacial score (nSPS) is 24.8. The van der Waals surface area contributed by atoms with Crippen LogP contribution in [0.5, 0.6) is 0 Å². The summed E-state index contributed by atoms with van der Waals surface area (Å²) in [5.41, 5.74) is 0. The predicted molar refractivity (Wildman–Crippen MR) is 96.0 cm³/mol. The number of nitrogens with one attached hydrogen (secondary N) is 1. The fourth-order valence-corrected chi connectivity index (χ4v) is 4.87. The lowest BCUT2D eigenvalue weighted by molar-refractivity contribution is -0.140. The van der Waals surface area contributed by atoms with Crippen molar-refractivity contribution < 1.29 is 23.9 Å². The van der Waals surface area contributed by atoms with Crippen LogP contribution >= 0.6 is 23.4 Å². The van der Waals surface area contributed by atoms with Crippen LogP contribution in [0.3, 0.4) is 0 Å². The number of carbonyl (C=O) groups is 3. The number of esters is 1. The highest BCUT2D eigenvalue weighted by atomic mass is 35.5. The van der Waals surface area contributed by atoms with Crippen LogP contribution in [-0.2, 0) is 14.3 Å². The number of methoxy groups -OCH3 is 1. The van der Waals surface area contributed by atoms with Crippen molar-refractivity contribution in [3.63, 3.8) is 0 Å². The number of fused-ring (bicyclic) bond motifs is 1. The Labute approximate surface area is 157 Å². The van der Waals surface area contributed by atoms with Crippen molar-refractivity contribution in [2.45, 2.75) is 55.9 Å². The third kappa shape index (κ3) is 5.41. The Morgan fingerprint density at radius 3 is 2.84 bits per heavy atom. The lowest BCUT2D eigenvalue weighted by atomic mass is 10.0. The molecule has 25 heavy (non-hydrogen) atoms. The Balaban J connectivity index is 1.77. The Bertz CT molecular complexity index is 493. The van der Waals surface area contributed by atoms with Crippen molar-refractivity contribution in [3.05, 3.63) is 0 Å². The van der Waals surface area contributed by atoms with E-state index in [1.165, 1.54) is 12.0 Å². The molecule has 2 aliphatic rings. The summed E-state index contributed by atoms with van der Waals surface area (Å²) < 4.78 is 9.81. The van der Waals surface area contributed by atoms with Gasteiger partial charge in [-0.1, -0.05) is 6.42 Å². The molecule has 2 aliphatic heterocycles. The van der Waals surface area contributed by atoms with E-state index >= 15 is 0 Å². The number of rotatable bonds is 9. The van der Waals surface area contributed by atoms with Gasteiger partial charge in [-0.15, -0.1) is 11.6 Å². The number of unbranched alkanes of at least 4 members (excludes halogenated alkanes) is 2. The highest BCUT2D eigenvalue weighted by molar-refractivity contribution is 8.00. The SMILES string of the molecule is COC(=O)CCCCC1SCC2C1NC(=O)N2C(=O)OCCCCCl. The number of imide groups is 1. The van der Waals surface area contributed by atoms with Crippen LogP contribution in [0.1, 0.15) is 38.5 Å². The average Bonchev–Trinajstić information content (AvgIpc) is 3.13. The van der Waals surface area contributed by atoms with Gasteiger partial charge >= 0.3 is 18.1 Å². The van der Waals surface area contributed by atoms with Crippen molar-refractivity contribution in [3.8, 4) is 0 Å². The highest BCUT2D eigenvalue weighted by Crippen LogP contribution is 2.37. The van der Waals surface area contributed by atoms with Gasteiger partial charge in [-0.3, -0.25) is 4.79 Å². The molecule has 0 aromatic carbocycles. The van der Waals surface area contributed by atoms with Crippen molar-refractivity contribution in [1.82, 2.24) is 10.2 Å². The molecule has 0 spiro atoms. The summed E-state index contributed by atoms with van der Waals surface area (Å²) in [6, 6.07) is -0.591. The molecule has 0 radical (unpaired) electrons. The molecule has 2 fully saturated rings. The molecule has 2 rings (SSSR count). The number of hydrogen-bond donors (Lipinski definition) is 1. The van der Waals surface area contributed by atoms with Gasteiger partial charge in [0.05, 0.1) is 25.8 Å². The molecule has 1 N–H and O–H groups in total. The topological polar surface area (TPSA) is 84.9 Å². The molecule has 2 heterocycles. The summed E-state index contributed by atoms with van der Waals surface area (Å²) in [5, 5.41) is 3.16. The van der Waals surface area contributed by atoms with E-state index in [-0.39, 0.29) is 35.9 Å². The number of thioether (sulfide) groups is 1. The van der Waals surface area contributed by atoms with E-state index in [1.807, 2.05) is 0 Å². The van der Waals surface area contributed by atoms with Crippen LogP contribution in [0.4, 0.5) is 9.59 Å². The zero-order valence-electron chi connectivity index (χ0n) is 14.4. The first-order valence-electron chi connectivity index (χ1n) is 8.59. The molecule has 7 nitrogen and oxygen atoms in total. The number of halogens is 1. The van der Waals surface area contributed by atoms with Crippen LogP contribution in [0.25, 0.3) is 0 Å². The molecule has 0 aromatic rings. The van der Waals surface area contributed by atoms with E-state index in [9.17, 15) is 14.4 Å². The number of urea groups is 1. The molecule has 9 heteroatoms. The maximum absolute atomic E-state index is 12.2. The zero-order valence-corrected chi connectivity index (χ0v) is 15.9. The van der Waals surface area contributed by atoms with Crippen molar-refractivity contribution >= 4 is 41.5 Å². The molecule has 3 amide bonds. The van der Waals surface area contributed by atoms with E-state index in [1.54, 1.807) is 11.8 Å². The van der Waals surface area contributed by atoms with Gasteiger partial charge in [-0.2, -0.15) is 11.8 Å². The molecule has 0 aromatic heterocycles. The second-order valence-corrected chi connectivity index (χ2v) is 7.77. The lowest BCUT2D eigenvalue weighted by Gasteiger charge is -2.19. The molecule has 2 saturated heterocycles. The summed E-state index contributed by atoms with van der Waals surface area (Å²) in [7, 11) is 1.39. The molecular formula is C16H25ClN2O5S. The molecule has 0 aliphatic carbocycles. The van der Waals surface area contributed by atoms with Crippen LogP contribution in [-0.4, -0.2) is 65.7 Å². The standard InChI is InChI=1S/C16H25ClN2O5S/c1-23-13(20)7-3-2-6-12-14-11(10-25-12)19(15(21)18-14)16(22)24-9-5-4-8-17/h11-12,14H,2-10H2,1H3,(H,18,21). The summed E-state index contributed by atoms with van der Waals surface area (Å²) in [5.74, 6) is 1.04. The molecular weight excluding hydrogens is 368 g/mol. The van der Waals surface area contributed by atoms with Gasteiger partial charge in [0.25, 0.3) is 0 Å². The van der Waals surface area contributed by atoms with Gasteiger partial charge in [0.2, 0.25) is 0 Å². The van der Waals surface area contributed by atoms with E-state index in [0.29, 0.717) is 24.5 Å². The second-order valence-electron chi connectivity index (χ2n) is 6.12. The summed E-state index contributed by atoms with van der Waals surface area (Å²) in [6.07, 6.45) is 3.84. The molecule has 0 bridgehead atoms. The van der Waals surface area contributed by atoms with Gasteiger partial charge in [0, 0.05) is 23.3 Å². The molecule has 0 saturated carbocycles. The van der Waals surface area contributed by atoms with E-state index < -0.39 is 6.09 Å². The predicted octanol–water partition coefficient (Wildman–Crippen LogP) is 2.75. The van der Waals surface area contributed by atoms with Crippen LogP contribution in [0.15, 0.2) is 0 Å². The third-order valence-corrected chi connectivity index (χ3v) is 6.19. The monoisotopic (exact) mass is 392 g/mol. The fraction of sp³-hybridized carbons (Fsp3) is 0.812. The van der Waals surface area contributed by atoms with Gasteiger partial charge in [-0.05, 0) is 25.7 Å². The molecule has 142 valence electrons. The summed E-state index contributed by atoms with van der Waals surface area (Å²) in [4.78, 5) is 36.7. The zero-order chi connectivity index (χ0) is 18.2. The lowest BCUT2D eigenvalue weighted by Crippen LogP contribution is -2.42. The van der Waals surface area contributed by atoms with Gasteiger partial charge in [-0.25, -0.2) is 14.5 Å². The minimum atomic E-state index is -0.577. The molecule has 3 atom stereocenters. The number of ether oxygens (including phenoxy) is 2. The van der Waals surface area contributed by atoms with Gasteiger partial charge < -0.3 is 14.8 Å². The van der Waals surface area contributed by atoms with Gasteiger partial charge in [0.15, 0.2) is 0 Å². The third-order valence-electron chi connectivity index (χ3n) is 4.43. The number of amides is 3. The van der Waals surface area contributed by atoms with Crippen LogP contribution < -0.4 is 5.32 Å². The van der Waals surface area contributed by atoms with Crippen molar-refractivity contribution in [2.24, 2.45) is 0 Å². The van der Waals surface area contributed by atoms with E-state index in [4.69, 9.17) is 16.3 Å².